The highest BCUT2D eigenvalue weighted by molar-refractivity contribution is 5.38. The number of nitrogens with zero attached hydrogens (tertiary/aromatic N) is 2. The van der Waals surface area contributed by atoms with Crippen LogP contribution in [0.15, 0.2) is 30.3 Å². The van der Waals surface area contributed by atoms with Gasteiger partial charge in [-0.25, -0.2) is 9.37 Å². The highest BCUT2D eigenvalue weighted by Crippen LogP contribution is 2.25. The molecule has 0 spiro atoms. The van der Waals surface area contributed by atoms with E-state index in [1.165, 1.54) is 25.1 Å². The molecule has 0 bridgehead atoms. The zero-order valence-corrected chi connectivity index (χ0v) is 10.4. The molecule has 0 saturated carbocycles. The molecular formula is C13H11FN2O3. The lowest BCUT2D eigenvalue weighted by Crippen LogP contribution is -1.96. The molecule has 0 atom stereocenters. The van der Waals surface area contributed by atoms with E-state index < -0.39 is 4.92 Å². The number of benzene rings is 1. The molecule has 0 amide bonds. The molecule has 0 aliphatic carbocycles. The lowest BCUT2D eigenvalue weighted by atomic mass is 10.2. The summed E-state index contributed by atoms with van der Waals surface area (Å²) in [5.41, 5.74) is 0.678. The quantitative estimate of drug-likeness (QED) is 0.626. The van der Waals surface area contributed by atoms with Gasteiger partial charge in [-0.1, -0.05) is 6.07 Å². The molecular weight excluding hydrogens is 251 g/mol. The normalized spacial score (nSPS) is 10.3. The van der Waals surface area contributed by atoms with E-state index >= 15 is 0 Å². The number of rotatable bonds is 3. The number of aryl methyl sites for hydroxylation is 2. The second kappa shape index (κ2) is 5.01. The maximum absolute atomic E-state index is 13.3. The largest absolute Gasteiger partial charge is 0.439 e. The molecule has 0 unspecified atom stereocenters. The van der Waals surface area contributed by atoms with Crippen LogP contribution < -0.4 is 4.74 Å². The summed E-state index contributed by atoms with van der Waals surface area (Å²) in [5.74, 6) is 0.103. The molecule has 0 saturated heterocycles. The summed E-state index contributed by atoms with van der Waals surface area (Å²) in [5, 5.41) is 10.6. The zero-order chi connectivity index (χ0) is 14.0. The van der Waals surface area contributed by atoms with Gasteiger partial charge in [-0.15, -0.1) is 0 Å². The van der Waals surface area contributed by atoms with Crippen LogP contribution in [0, 0.1) is 29.8 Å². The van der Waals surface area contributed by atoms with E-state index in [0.717, 1.165) is 0 Å². The highest BCUT2D eigenvalue weighted by atomic mass is 19.1. The van der Waals surface area contributed by atoms with Crippen molar-refractivity contribution in [1.82, 2.24) is 4.98 Å². The van der Waals surface area contributed by atoms with Gasteiger partial charge >= 0.3 is 0 Å². The number of nitro groups is 1. The Hall–Kier alpha value is -2.50. The van der Waals surface area contributed by atoms with Gasteiger partial charge in [0, 0.05) is 18.2 Å². The van der Waals surface area contributed by atoms with Crippen LogP contribution >= 0.6 is 0 Å². The maximum Gasteiger partial charge on any atom is 0.290 e. The van der Waals surface area contributed by atoms with Crippen molar-refractivity contribution in [3.05, 3.63) is 57.5 Å². The summed E-state index contributed by atoms with van der Waals surface area (Å²) >= 11 is 0. The summed E-state index contributed by atoms with van der Waals surface area (Å²) < 4.78 is 18.7. The molecule has 0 aliphatic heterocycles. The van der Waals surface area contributed by atoms with Crippen LogP contribution in [0.25, 0.3) is 0 Å². The van der Waals surface area contributed by atoms with Gasteiger partial charge in [-0.05, 0) is 25.5 Å². The third-order valence-corrected chi connectivity index (χ3v) is 2.59. The van der Waals surface area contributed by atoms with Crippen molar-refractivity contribution in [2.75, 3.05) is 0 Å². The Balaban J connectivity index is 2.26. The number of halogens is 1. The molecule has 2 aromatic rings. The van der Waals surface area contributed by atoms with Gasteiger partial charge in [-0.2, -0.15) is 0 Å². The monoisotopic (exact) mass is 262 g/mol. The molecule has 0 radical (unpaired) electrons. The number of ether oxygens (including phenoxy) is 1. The van der Waals surface area contributed by atoms with Crippen LogP contribution in [0.2, 0.25) is 0 Å². The van der Waals surface area contributed by atoms with Crippen molar-refractivity contribution in [1.29, 1.82) is 0 Å². The summed E-state index contributed by atoms with van der Waals surface area (Å²) in [7, 11) is 0. The summed E-state index contributed by atoms with van der Waals surface area (Å²) in [6.45, 7) is 3.16. The molecule has 0 fully saturated rings. The standard InChI is InChI=1S/C13H11FN2O3/c1-8-3-4-10(7-11(8)14)19-13-6-5-12(16(17)18)9(2)15-13/h3-7H,1-2H3. The Bertz CT molecular complexity index is 644. The van der Waals surface area contributed by atoms with Crippen LogP contribution in [0.5, 0.6) is 11.6 Å². The SMILES string of the molecule is Cc1ccc(Oc2ccc([N+](=O)[O-])c(C)n2)cc1F. The maximum atomic E-state index is 13.3. The van der Waals surface area contributed by atoms with Gasteiger partial charge in [0.2, 0.25) is 5.88 Å². The Morgan fingerprint density at radius 2 is 2.00 bits per heavy atom. The smallest absolute Gasteiger partial charge is 0.290 e. The van der Waals surface area contributed by atoms with Gasteiger partial charge in [-0.3, -0.25) is 10.1 Å². The van der Waals surface area contributed by atoms with E-state index in [2.05, 4.69) is 4.98 Å². The van der Waals surface area contributed by atoms with E-state index in [-0.39, 0.29) is 23.1 Å². The molecule has 19 heavy (non-hydrogen) atoms. The summed E-state index contributed by atoms with van der Waals surface area (Å²) in [4.78, 5) is 14.1. The molecule has 0 N–H and O–H groups in total. The molecule has 2 rings (SSSR count). The first kappa shape index (κ1) is 12.9. The van der Waals surface area contributed by atoms with Gasteiger partial charge < -0.3 is 4.74 Å². The van der Waals surface area contributed by atoms with Crippen LogP contribution in [0.3, 0.4) is 0 Å². The second-order valence-electron chi connectivity index (χ2n) is 4.02. The molecule has 98 valence electrons. The second-order valence-corrected chi connectivity index (χ2v) is 4.02. The zero-order valence-electron chi connectivity index (χ0n) is 10.4. The first-order chi connectivity index (χ1) is 8.97. The predicted molar refractivity (Wildman–Crippen MR) is 66.8 cm³/mol. The predicted octanol–water partition coefficient (Wildman–Crippen LogP) is 3.54. The lowest BCUT2D eigenvalue weighted by molar-refractivity contribution is -0.385. The summed E-state index contributed by atoms with van der Waals surface area (Å²) in [6.07, 6.45) is 0. The lowest BCUT2D eigenvalue weighted by Gasteiger charge is -2.06. The van der Waals surface area contributed by atoms with Crippen molar-refractivity contribution in [2.45, 2.75) is 13.8 Å². The number of pyridine rings is 1. The van der Waals surface area contributed by atoms with E-state index in [0.29, 0.717) is 11.3 Å². The van der Waals surface area contributed by atoms with Gasteiger partial charge in [0.1, 0.15) is 17.3 Å². The minimum atomic E-state index is -0.516. The first-order valence-corrected chi connectivity index (χ1v) is 5.53. The first-order valence-electron chi connectivity index (χ1n) is 5.53. The fraction of sp³-hybridized carbons (Fsp3) is 0.154. The van der Waals surface area contributed by atoms with Crippen molar-refractivity contribution in [2.24, 2.45) is 0 Å². The fourth-order valence-corrected chi connectivity index (χ4v) is 1.54. The van der Waals surface area contributed by atoms with Crippen molar-refractivity contribution >= 4 is 5.69 Å². The molecule has 0 aliphatic rings. The van der Waals surface area contributed by atoms with Gasteiger partial charge in [0.15, 0.2) is 0 Å². The van der Waals surface area contributed by atoms with E-state index in [4.69, 9.17) is 4.74 Å². The number of hydrogen-bond donors (Lipinski definition) is 0. The number of hydrogen-bond acceptors (Lipinski definition) is 4. The third-order valence-electron chi connectivity index (χ3n) is 2.59. The van der Waals surface area contributed by atoms with Crippen molar-refractivity contribution in [3.63, 3.8) is 0 Å². The van der Waals surface area contributed by atoms with Gasteiger partial charge in [0.05, 0.1) is 4.92 Å². The van der Waals surface area contributed by atoms with E-state index in [1.54, 1.807) is 19.1 Å². The molecule has 1 aromatic heterocycles. The molecule has 5 nitrogen and oxygen atoms in total. The van der Waals surface area contributed by atoms with Crippen molar-refractivity contribution < 1.29 is 14.1 Å². The average Bonchev–Trinajstić information content (AvgIpc) is 2.33. The average molecular weight is 262 g/mol. The van der Waals surface area contributed by atoms with Crippen LogP contribution in [0.4, 0.5) is 10.1 Å². The van der Waals surface area contributed by atoms with Crippen molar-refractivity contribution in [3.8, 4) is 11.6 Å². The Morgan fingerprint density at radius 3 is 2.58 bits per heavy atom. The van der Waals surface area contributed by atoms with Gasteiger partial charge in [0.25, 0.3) is 5.69 Å². The third kappa shape index (κ3) is 2.85. The molecule has 6 heteroatoms. The highest BCUT2D eigenvalue weighted by Gasteiger charge is 2.12. The molecule has 1 aromatic carbocycles. The summed E-state index contributed by atoms with van der Waals surface area (Å²) in [6, 6.07) is 7.12. The minimum Gasteiger partial charge on any atom is -0.439 e. The van der Waals surface area contributed by atoms with E-state index in [1.807, 2.05) is 0 Å². The minimum absolute atomic E-state index is 0.0811. The van der Waals surface area contributed by atoms with Crippen LogP contribution in [-0.2, 0) is 0 Å². The topological polar surface area (TPSA) is 65.3 Å². The Kier molecular flexibility index (Phi) is 3.41. The fourth-order valence-electron chi connectivity index (χ4n) is 1.54. The number of aromatic nitrogens is 1. The van der Waals surface area contributed by atoms with Crippen LogP contribution in [-0.4, -0.2) is 9.91 Å². The van der Waals surface area contributed by atoms with Crippen LogP contribution in [0.1, 0.15) is 11.3 Å². The molecule has 1 heterocycles. The Morgan fingerprint density at radius 1 is 1.26 bits per heavy atom. The van der Waals surface area contributed by atoms with E-state index in [9.17, 15) is 14.5 Å². The Labute approximate surface area is 108 Å².